The van der Waals surface area contributed by atoms with E-state index in [0.29, 0.717) is 18.8 Å². The van der Waals surface area contributed by atoms with Gasteiger partial charge in [-0.25, -0.2) is 4.98 Å². The Labute approximate surface area is 112 Å². The monoisotopic (exact) mass is 258 g/mol. The summed E-state index contributed by atoms with van der Waals surface area (Å²) < 4.78 is 1.72. The lowest BCUT2D eigenvalue weighted by Gasteiger charge is -2.17. The molecule has 0 unspecified atom stereocenters. The van der Waals surface area contributed by atoms with Crippen molar-refractivity contribution in [1.82, 2.24) is 14.5 Å². The highest BCUT2D eigenvalue weighted by Crippen LogP contribution is 2.09. The van der Waals surface area contributed by atoms with Crippen LogP contribution in [-0.2, 0) is 20.1 Å². The topological polar surface area (TPSA) is 64.2 Å². The lowest BCUT2D eigenvalue weighted by Crippen LogP contribution is -2.27. The maximum Gasteiger partial charge on any atom is 0.272 e. The molecule has 0 atom stereocenters. The van der Waals surface area contributed by atoms with Crippen LogP contribution in [0.4, 0.5) is 0 Å². The minimum Gasteiger partial charge on any atom is -0.336 e. The van der Waals surface area contributed by atoms with Crippen LogP contribution in [0.15, 0.2) is 36.8 Å². The second-order valence-corrected chi connectivity index (χ2v) is 4.58. The Kier molecular flexibility index (Phi) is 3.97. The molecule has 2 rings (SSSR count). The van der Waals surface area contributed by atoms with Gasteiger partial charge >= 0.3 is 0 Å². The molecule has 0 aliphatic rings. The summed E-state index contributed by atoms with van der Waals surface area (Å²) in [6, 6.07) is 7.95. The van der Waals surface area contributed by atoms with Gasteiger partial charge in [-0.15, -0.1) is 0 Å². The van der Waals surface area contributed by atoms with Crippen molar-refractivity contribution in [1.29, 1.82) is 0 Å². The van der Waals surface area contributed by atoms with Gasteiger partial charge in [0.1, 0.15) is 5.69 Å². The van der Waals surface area contributed by atoms with Gasteiger partial charge in [0.2, 0.25) is 0 Å². The Bertz CT molecular complexity index is 576. The quantitative estimate of drug-likeness (QED) is 0.894. The molecule has 0 aliphatic carbocycles. The second-order valence-electron chi connectivity index (χ2n) is 4.58. The summed E-state index contributed by atoms with van der Waals surface area (Å²) in [5.41, 5.74) is 8.33. The predicted octanol–water partition coefficient (Wildman–Crippen LogP) is 1.15. The van der Waals surface area contributed by atoms with Crippen molar-refractivity contribution in [3.8, 4) is 0 Å². The first-order valence-corrected chi connectivity index (χ1v) is 6.11. The first-order valence-electron chi connectivity index (χ1n) is 6.11. The van der Waals surface area contributed by atoms with Crippen LogP contribution in [0.5, 0.6) is 0 Å². The maximum absolute atomic E-state index is 12.2. The molecule has 1 aromatic heterocycles. The van der Waals surface area contributed by atoms with E-state index in [9.17, 15) is 4.79 Å². The number of carbonyl (C=O) groups is 1. The van der Waals surface area contributed by atoms with Gasteiger partial charge in [-0.05, 0) is 11.1 Å². The van der Waals surface area contributed by atoms with Gasteiger partial charge in [-0.1, -0.05) is 24.3 Å². The van der Waals surface area contributed by atoms with E-state index in [4.69, 9.17) is 5.73 Å². The Morgan fingerprint density at radius 1 is 1.42 bits per heavy atom. The number of aromatic nitrogens is 2. The molecule has 2 N–H and O–H groups in total. The number of nitrogens with zero attached hydrogens (tertiary/aromatic N) is 3. The van der Waals surface area contributed by atoms with E-state index < -0.39 is 0 Å². The summed E-state index contributed by atoms with van der Waals surface area (Å²) >= 11 is 0. The van der Waals surface area contributed by atoms with Gasteiger partial charge in [-0.2, -0.15) is 0 Å². The van der Waals surface area contributed by atoms with E-state index >= 15 is 0 Å². The number of imidazole rings is 1. The minimum atomic E-state index is -0.0434. The van der Waals surface area contributed by atoms with E-state index in [-0.39, 0.29) is 5.91 Å². The van der Waals surface area contributed by atoms with Crippen LogP contribution in [-0.4, -0.2) is 27.4 Å². The van der Waals surface area contributed by atoms with Crippen LogP contribution in [0.2, 0.25) is 0 Å². The molecule has 1 aromatic carbocycles. The fraction of sp³-hybridized carbons (Fsp3) is 0.286. The summed E-state index contributed by atoms with van der Waals surface area (Å²) in [6.45, 7) is 1.06. The maximum atomic E-state index is 12.2. The fourth-order valence-corrected chi connectivity index (χ4v) is 1.96. The van der Waals surface area contributed by atoms with Crippen molar-refractivity contribution in [2.75, 3.05) is 7.05 Å². The normalized spacial score (nSPS) is 10.5. The number of nitrogens with two attached hydrogens (primary N) is 1. The summed E-state index contributed by atoms with van der Waals surface area (Å²) in [4.78, 5) is 17.9. The zero-order chi connectivity index (χ0) is 13.8. The number of benzene rings is 1. The van der Waals surface area contributed by atoms with Gasteiger partial charge in [0.15, 0.2) is 0 Å². The fourth-order valence-electron chi connectivity index (χ4n) is 1.96. The third kappa shape index (κ3) is 3.00. The highest BCUT2D eigenvalue weighted by molar-refractivity contribution is 5.92. The molecule has 0 saturated carbocycles. The lowest BCUT2D eigenvalue weighted by molar-refractivity contribution is 0.0775. The number of aryl methyl sites for hydroxylation is 1. The van der Waals surface area contributed by atoms with Gasteiger partial charge in [-0.3, -0.25) is 4.79 Å². The summed E-state index contributed by atoms with van der Waals surface area (Å²) in [6.07, 6.45) is 3.20. The van der Waals surface area contributed by atoms with E-state index in [1.54, 1.807) is 29.0 Å². The van der Waals surface area contributed by atoms with E-state index in [1.165, 1.54) is 0 Å². The molecule has 0 spiro atoms. The predicted molar refractivity (Wildman–Crippen MR) is 73.3 cm³/mol. The molecule has 0 saturated heterocycles. The van der Waals surface area contributed by atoms with Crippen molar-refractivity contribution >= 4 is 5.91 Å². The SMILES string of the molecule is CN(Cc1cccc(CN)c1)C(=O)c1cncn1C. The van der Waals surface area contributed by atoms with Crippen LogP contribution in [0.25, 0.3) is 0 Å². The van der Waals surface area contributed by atoms with Crippen molar-refractivity contribution in [2.24, 2.45) is 12.8 Å². The molecule has 5 nitrogen and oxygen atoms in total. The van der Waals surface area contributed by atoms with Crippen LogP contribution in [0.1, 0.15) is 21.6 Å². The number of carbonyl (C=O) groups excluding carboxylic acids is 1. The third-order valence-electron chi connectivity index (χ3n) is 3.03. The number of rotatable bonds is 4. The van der Waals surface area contributed by atoms with Crippen LogP contribution < -0.4 is 5.73 Å². The largest absolute Gasteiger partial charge is 0.336 e. The van der Waals surface area contributed by atoms with Gasteiger partial charge in [0.05, 0.1) is 12.5 Å². The summed E-state index contributed by atoms with van der Waals surface area (Å²) in [5.74, 6) is -0.0434. The van der Waals surface area contributed by atoms with Gasteiger partial charge in [0.25, 0.3) is 5.91 Å². The average Bonchev–Trinajstić information content (AvgIpc) is 2.84. The summed E-state index contributed by atoms with van der Waals surface area (Å²) in [7, 11) is 3.59. The Morgan fingerprint density at radius 3 is 2.79 bits per heavy atom. The smallest absolute Gasteiger partial charge is 0.272 e. The number of hydrogen-bond donors (Lipinski definition) is 1. The van der Waals surface area contributed by atoms with E-state index in [2.05, 4.69) is 4.98 Å². The molecular weight excluding hydrogens is 240 g/mol. The highest BCUT2D eigenvalue weighted by atomic mass is 16.2. The van der Waals surface area contributed by atoms with Crippen LogP contribution in [0.3, 0.4) is 0 Å². The molecule has 19 heavy (non-hydrogen) atoms. The molecule has 1 heterocycles. The van der Waals surface area contributed by atoms with Crippen molar-refractivity contribution in [2.45, 2.75) is 13.1 Å². The molecule has 5 heteroatoms. The molecule has 2 aromatic rings. The van der Waals surface area contributed by atoms with Gasteiger partial charge < -0.3 is 15.2 Å². The number of amides is 1. The summed E-state index contributed by atoms with van der Waals surface area (Å²) in [5, 5.41) is 0. The molecule has 0 fully saturated rings. The Morgan fingerprint density at radius 2 is 2.16 bits per heavy atom. The zero-order valence-corrected chi connectivity index (χ0v) is 11.2. The average molecular weight is 258 g/mol. The van der Waals surface area contributed by atoms with Crippen molar-refractivity contribution in [3.05, 3.63) is 53.6 Å². The standard InChI is InChI=1S/C14H18N4O/c1-17(14(19)13-8-16-10-18(13)2)9-12-5-3-4-11(6-12)7-15/h3-6,8,10H,7,9,15H2,1-2H3. The van der Waals surface area contributed by atoms with Crippen molar-refractivity contribution < 1.29 is 4.79 Å². The highest BCUT2D eigenvalue weighted by Gasteiger charge is 2.15. The Balaban J connectivity index is 2.10. The molecule has 0 bridgehead atoms. The van der Waals surface area contributed by atoms with Crippen molar-refractivity contribution in [3.63, 3.8) is 0 Å². The lowest BCUT2D eigenvalue weighted by atomic mass is 10.1. The Hall–Kier alpha value is -2.14. The number of hydrogen-bond acceptors (Lipinski definition) is 3. The van der Waals surface area contributed by atoms with Crippen LogP contribution in [0, 0.1) is 0 Å². The molecule has 100 valence electrons. The van der Waals surface area contributed by atoms with Gasteiger partial charge in [0, 0.05) is 27.2 Å². The van der Waals surface area contributed by atoms with E-state index in [1.807, 2.05) is 31.3 Å². The first kappa shape index (κ1) is 13.3. The van der Waals surface area contributed by atoms with E-state index in [0.717, 1.165) is 11.1 Å². The zero-order valence-electron chi connectivity index (χ0n) is 11.2. The first-order chi connectivity index (χ1) is 9.11. The third-order valence-corrected chi connectivity index (χ3v) is 3.03. The molecule has 0 aliphatic heterocycles. The molecule has 1 amide bonds. The van der Waals surface area contributed by atoms with Crippen LogP contribution >= 0.6 is 0 Å². The molecular formula is C14H18N4O. The molecule has 0 radical (unpaired) electrons. The minimum absolute atomic E-state index is 0.0434. The second kappa shape index (κ2) is 5.67.